The summed E-state index contributed by atoms with van der Waals surface area (Å²) >= 11 is 7.66. The lowest BCUT2D eigenvalue weighted by atomic mass is 10.0. The fraction of sp³-hybridized carbons (Fsp3) is 0.261. The van der Waals surface area contributed by atoms with Crippen molar-refractivity contribution >= 4 is 29.3 Å². The van der Waals surface area contributed by atoms with Gasteiger partial charge in [-0.1, -0.05) is 65.8 Å². The topological polar surface area (TPSA) is 64.1 Å². The van der Waals surface area contributed by atoms with Gasteiger partial charge in [0.1, 0.15) is 5.03 Å². The Labute approximate surface area is 185 Å². The number of carbonyl (C=O) groups is 1. The molecule has 0 spiro atoms. The molecule has 30 heavy (non-hydrogen) atoms. The molecular weight excluding hydrogens is 418 g/mol. The molecule has 1 unspecified atom stereocenters. The second-order valence-corrected chi connectivity index (χ2v) is 8.64. The summed E-state index contributed by atoms with van der Waals surface area (Å²) in [5.74, 6) is -0.191. The van der Waals surface area contributed by atoms with Gasteiger partial charge in [-0.15, -0.1) is 10.2 Å². The minimum Gasteiger partial charge on any atom is -0.381 e. The molecule has 2 aromatic carbocycles. The largest absolute Gasteiger partial charge is 0.381 e. The number of halogens is 1. The molecule has 5 nitrogen and oxygen atoms in total. The van der Waals surface area contributed by atoms with E-state index in [1.54, 1.807) is 17.8 Å². The molecule has 1 N–H and O–H groups in total. The van der Waals surface area contributed by atoms with E-state index in [0.717, 1.165) is 29.0 Å². The van der Waals surface area contributed by atoms with E-state index in [9.17, 15) is 4.79 Å². The molecule has 0 aliphatic carbocycles. The number of rotatable bonds is 6. The summed E-state index contributed by atoms with van der Waals surface area (Å²) < 4.78 is 5.33. The van der Waals surface area contributed by atoms with Crippen LogP contribution in [0, 0.1) is 0 Å². The van der Waals surface area contributed by atoms with E-state index in [-0.39, 0.29) is 17.2 Å². The van der Waals surface area contributed by atoms with Crippen LogP contribution in [0.2, 0.25) is 5.02 Å². The lowest BCUT2D eigenvalue weighted by Gasteiger charge is -2.22. The predicted molar refractivity (Wildman–Crippen MR) is 119 cm³/mol. The van der Waals surface area contributed by atoms with Crippen molar-refractivity contribution in [3.63, 3.8) is 0 Å². The summed E-state index contributed by atoms with van der Waals surface area (Å²) in [7, 11) is 0. The molecule has 0 bridgehead atoms. The molecule has 154 valence electrons. The third-order valence-electron chi connectivity index (χ3n) is 4.94. The molecule has 1 amide bonds. The van der Waals surface area contributed by atoms with Crippen molar-refractivity contribution in [2.75, 3.05) is 13.2 Å². The van der Waals surface area contributed by atoms with Gasteiger partial charge >= 0.3 is 0 Å². The summed E-state index contributed by atoms with van der Waals surface area (Å²) in [6, 6.07) is 21.8. The highest BCUT2D eigenvalue weighted by molar-refractivity contribution is 7.99. The Morgan fingerprint density at radius 1 is 0.967 bits per heavy atom. The van der Waals surface area contributed by atoms with E-state index in [4.69, 9.17) is 16.3 Å². The maximum Gasteiger partial charge on any atom is 0.272 e. The Bertz CT molecular complexity index is 962. The third kappa shape index (κ3) is 5.39. The standard InChI is InChI=1S/C23H22ClN3O2S/c24-18-8-6-17(7-9-18)22(16-4-2-1-3-5-16)30-21-11-10-20(26-27-21)23(28)25-19-12-14-29-15-13-19/h1-11,19,22H,12-15H2,(H,25,28). The zero-order valence-electron chi connectivity index (χ0n) is 16.3. The smallest absolute Gasteiger partial charge is 0.272 e. The van der Waals surface area contributed by atoms with Crippen LogP contribution in [0.3, 0.4) is 0 Å². The lowest BCUT2D eigenvalue weighted by molar-refractivity contribution is 0.0693. The average molecular weight is 440 g/mol. The highest BCUT2D eigenvalue weighted by atomic mass is 35.5. The molecule has 1 aliphatic heterocycles. The molecular formula is C23H22ClN3O2S. The fourth-order valence-corrected chi connectivity index (χ4v) is 4.51. The molecule has 7 heteroatoms. The van der Waals surface area contributed by atoms with Crippen LogP contribution in [-0.4, -0.2) is 35.4 Å². The first kappa shape index (κ1) is 20.8. The van der Waals surface area contributed by atoms with Gasteiger partial charge in [-0.3, -0.25) is 4.79 Å². The van der Waals surface area contributed by atoms with Gasteiger partial charge in [-0.25, -0.2) is 0 Å². The molecule has 1 aliphatic rings. The van der Waals surface area contributed by atoms with E-state index < -0.39 is 0 Å². The van der Waals surface area contributed by atoms with Crippen LogP contribution in [0.1, 0.15) is 39.7 Å². The Kier molecular flexibility index (Phi) is 7.00. The van der Waals surface area contributed by atoms with E-state index >= 15 is 0 Å². The second kappa shape index (κ2) is 10.1. The van der Waals surface area contributed by atoms with Gasteiger partial charge in [0.2, 0.25) is 0 Å². The first-order chi connectivity index (χ1) is 14.7. The molecule has 1 atom stereocenters. The van der Waals surface area contributed by atoms with Gasteiger partial charge in [-0.2, -0.15) is 0 Å². The number of thioether (sulfide) groups is 1. The van der Waals surface area contributed by atoms with Gasteiger partial charge in [0.25, 0.3) is 5.91 Å². The van der Waals surface area contributed by atoms with Crippen molar-refractivity contribution in [3.8, 4) is 0 Å². The average Bonchev–Trinajstić information content (AvgIpc) is 2.80. The van der Waals surface area contributed by atoms with Crippen LogP contribution in [0.15, 0.2) is 71.8 Å². The number of nitrogens with one attached hydrogen (secondary N) is 1. The monoisotopic (exact) mass is 439 g/mol. The number of hydrogen-bond acceptors (Lipinski definition) is 5. The number of hydrogen-bond donors (Lipinski definition) is 1. The van der Waals surface area contributed by atoms with Crippen molar-refractivity contribution in [2.45, 2.75) is 29.2 Å². The fourth-order valence-electron chi connectivity index (χ4n) is 3.32. The molecule has 1 aromatic heterocycles. The zero-order valence-corrected chi connectivity index (χ0v) is 17.9. The lowest BCUT2D eigenvalue weighted by Crippen LogP contribution is -2.39. The van der Waals surface area contributed by atoms with Gasteiger partial charge < -0.3 is 10.1 Å². The number of amides is 1. The third-order valence-corrected chi connectivity index (χ3v) is 6.43. The minimum absolute atomic E-state index is 0.0414. The number of carbonyl (C=O) groups excluding carboxylic acids is 1. The molecule has 3 aromatic rings. The Morgan fingerprint density at radius 3 is 2.33 bits per heavy atom. The molecule has 1 fully saturated rings. The predicted octanol–water partition coefficient (Wildman–Crippen LogP) is 4.92. The van der Waals surface area contributed by atoms with Gasteiger partial charge in [0.15, 0.2) is 5.69 Å². The van der Waals surface area contributed by atoms with Crippen LogP contribution in [-0.2, 0) is 4.74 Å². The van der Waals surface area contributed by atoms with Crippen molar-refractivity contribution in [2.24, 2.45) is 0 Å². The van der Waals surface area contributed by atoms with E-state index in [2.05, 4.69) is 27.6 Å². The minimum atomic E-state index is -0.191. The molecule has 0 saturated carbocycles. The quantitative estimate of drug-likeness (QED) is 0.552. The Balaban J connectivity index is 1.49. The van der Waals surface area contributed by atoms with Crippen LogP contribution in [0.5, 0.6) is 0 Å². The maximum absolute atomic E-state index is 12.4. The summed E-state index contributed by atoms with van der Waals surface area (Å²) in [6.07, 6.45) is 1.65. The molecule has 2 heterocycles. The molecule has 0 radical (unpaired) electrons. The van der Waals surface area contributed by atoms with Crippen LogP contribution in [0.4, 0.5) is 0 Å². The Hall–Kier alpha value is -2.41. The van der Waals surface area contributed by atoms with Crippen molar-refractivity contribution in [1.29, 1.82) is 0 Å². The Morgan fingerprint density at radius 2 is 1.67 bits per heavy atom. The van der Waals surface area contributed by atoms with Gasteiger partial charge in [0, 0.05) is 24.3 Å². The van der Waals surface area contributed by atoms with Crippen LogP contribution >= 0.6 is 23.4 Å². The second-order valence-electron chi connectivity index (χ2n) is 7.08. The van der Waals surface area contributed by atoms with E-state index in [0.29, 0.717) is 23.9 Å². The number of benzene rings is 2. The number of aromatic nitrogens is 2. The highest BCUT2D eigenvalue weighted by Crippen LogP contribution is 2.39. The van der Waals surface area contributed by atoms with Crippen LogP contribution in [0.25, 0.3) is 0 Å². The SMILES string of the molecule is O=C(NC1CCOCC1)c1ccc(SC(c2ccccc2)c2ccc(Cl)cc2)nn1. The summed E-state index contributed by atoms with van der Waals surface area (Å²) in [5.41, 5.74) is 2.61. The molecule has 1 saturated heterocycles. The number of ether oxygens (including phenoxy) is 1. The summed E-state index contributed by atoms with van der Waals surface area (Å²) in [4.78, 5) is 12.4. The van der Waals surface area contributed by atoms with Crippen molar-refractivity contribution < 1.29 is 9.53 Å². The maximum atomic E-state index is 12.4. The van der Waals surface area contributed by atoms with Gasteiger partial charge in [-0.05, 0) is 48.2 Å². The first-order valence-electron chi connectivity index (χ1n) is 9.88. The summed E-state index contributed by atoms with van der Waals surface area (Å²) in [5, 5.41) is 13.0. The van der Waals surface area contributed by atoms with E-state index in [1.165, 1.54) is 0 Å². The van der Waals surface area contributed by atoms with E-state index in [1.807, 2.05) is 48.5 Å². The summed E-state index contributed by atoms with van der Waals surface area (Å²) in [6.45, 7) is 1.36. The highest BCUT2D eigenvalue weighted by Gasteiger charge is 2.20. The van der Waals surface area contributed by atoms with Crippen molar-refractivity contribution in [1.82, 2.24) is 15.5 Å². The zero-order chi connectivity index (χ0) is 20.8. The normalized spacial score (nSPS) is 15.5. The number of nitrogens with zero attached hydrogens (tertiary/aromatic N) is 2. The first-order valence-corrected chi connectivity index (χ1v) is 11.1. The molecule has 4 rings (SSSR count). The van der Waals surface area contributed by atoms with Crippen LogP contribution < -0.4 is 5.32 Å². The van der Waals surface area contributed by atoms with Gasteiger partial charge in [0.05, 0.1) is 5.25 Å². The van der Waals surface area contributed by atoms with Crippen molar-refractivity contribution in [3.05, 3.63) is 88.6 Å².